The van der Waals surface area contributed by atoms with Gasteiger partial charge >= 0.3 is 12.2 Å². The Bertz CT molecular complexity index is 545. The van der Waals surface area contributed by atoms with Crippen molar-refractivity contribution >= 4 is 17.6 Å². The van der Waals surface area contributed by atoms with Gasteiger partial charge in [-0.2, -0.15) is 13.2 Å². The first-order valence-corrected chi connectivity index (χ1v) is 6.71. The predicted molar refractivity (Wildman–Crippen MR) is 76.2 cm³/mol. The molecule has 0 aromatic heterocycles. The summed E-state index contributed by atoms with van der Waals surface area (Å²) in [5, 5.41) is 4.81. The Kier molecular flexibility index (Phi) is 6.21. The molecule has 0 atom stereocenters. The largest absolute Gasteiger partial charge is 0.416 e. The molecule has 1 aromatic carbocycles. The molecule has 1 rings (SSSR count). The van der Waals surface area contributed by atoms with E-state index in [1.807, 2.05) is 0 Å². The number of nitrogens with one attached hydrogen (secondary N) is 2. The zero-order valence-electron chi connectivity index (χ0n) is 12.1. The molecule has 0 fully saturated rings. The van der Waals surface area contributed by atoms with Crippen LogP contribution in [0.25, 0.3) is 0 Å². The van der Waals surface area contributed by atoms with Gasteiger partial charge in [-0.3, -0.25) is 4.79 Å². The molecule has 0 bridgehead atoms. The number of carbonyl (C=O) groups excluding carboxylic acids is 2. The summed E-state index contributed by atoms with van der Waals surface area (Å²) in [6.45, 7) is 1.71. The number of unbranched alkanes of at least 4 members (excludes halogenated alkanes) is 1. The number of halogens is 3. The van der Waals surface area contributed by atoms with Gasteiger partial charge < -0.3 is 16.4 Å². The van der Waals surface area contributed by atoms with Gasteiger partial charge in [0, 0.05) is 18.7 Å². The van der Waals surface area contributed by atoms with Crippen LogP contribution < -0.4 is 16.4 Å². The van der Waals surface area contributed by atoms with Crippen molar-refractivity contribution in [2.45, 2.75) is 32.4 Å². The van der Waals surface area contributed by atoms with Crippen LogP contribution in [-0.4, -0.2) is 18.5 Å². The highest BCUT2D eigenvalue weighted by Gasteiger charge is 2.32. The van der Waals surface area contributed by atoms with Gasteiger partial charge in [0.1, 0.15) is 0 Å². The lowest BCUT2D eigenvalue weighted by atomic mass is 10.1. The number of primary amides is 1. The summed E-state index contributed by atoms with van der Waals surface area (Å²) in [4.78, 5) is 22.1. The quantitative estimate of drug-likeness (QED) is 0.705. The first kappa shape index (κ1) is 17.8. The maximum Gasteiger partial charge on any atom is 0.416 e. The molecule has 8 heteroatoms. The van der Waals surface area contributed by atoms with Gasteiger partial charge in [0.25, 0.3) is 0 Å². The summed E-state index contributed by atoms with van der Waals surface area (Å²) >= 11 is 0. The highest BCUT2D eigenvalue weighted by atomic mass is 19.4. The number of rotatable bonds is 6. The van der Waals surface area contributed by atoms with Gasteiger partial charge in [0.2, 0.25) is 5.91 Å². The number of hydrogen-bond acceptors (Lipinski definition) is 2. The molecule has 4 N–H and O–H groups in total. The molecule has 22 heavy (non-hydrogen) atoms. The van der Waals surface area contributed by atoms with E-state index in [0.29, 0.717) is 19.4 Å². The fraction of sp³-hybridized carbons (Fsp3) is 0.429. The minimum Gasteiger partial charge on any atom is -0.352 e. The Hall–Kier alpha value is -2.25. The third-order valence-corrected chi connectivity index (χ3v) is 2.96. The smallest absolute Gasteiger partial charge is 0.352 e. The Morgan fingerprint density at radius 2 is 1.91 bits per heavy atom. The van der Waals surface area contributed by atoms with E-state index < -0.39 is 17.8 Å². The van der Waals surface area contributed by atoms with E-state index in [-0.39, 0.29) is 23.6 Å². The normalized spacial score (nSPS) is 11.1. The summed E-state index contributed by atoms with van der Waals surface area (Å²) in [7, 11) is 0. The Morgan fingerprint density at radius 1 is 1.23 bits per heavy atom. The Morgan fingerprint density at radius 3 is 2.50 bits per heavy atom. The topological polar surface area (TPSA) is 84.2 Å². The standard InChI is InChI=1S/C14H18F3N3O2/c1-9-5-6-10(8-11(9)14(15,16)17)20-12(21)4-2-3-7-19-13(18)22/h5-6,8H,2-4,7H2,1H3,(H,20,21)(H3,18,19,22). The number of carbonyl (C=O) groups is 2. The first-order valence-electron chi connectivity index (χ1n) is 6.71. The predicted octanol–water partition coefficient (Wildman–Crippen LogP) is 2.79. The SMILES string of the molecule is Cc1ccc(NC(=O)CCCCNC(N)=O)cc1C(F)(F)F. The lowest BCUT2D eigenvalue weighted by Crippen LogP contribution is -2.30. The summed E-state index contributed by atoms with van der Waals surface area (Å²) in [6.07, 6.45) is -3.26. The molecular weight excluding hydrogens is 299 g/mol. The number of nitrogens with two attached hydrogens (primary N) is 1. The molecule has 0 radical (unpaired) electrons. The lowest BCUT2D eigenvalue weighted by molar-refractivity contribution is -0.138. The number of hydrogen-bond donors (Lipinski definition) is 3. The number of aryl methyl sites for hydroxylation is 1. The van der Waals surface area contributed by atoms with Crippen LogP contribution in [0.1, 0.15) is 30.4 Å². The molecule has 0 saturated carbocycles. The van der Waals surface area contributed by atoms with Crippen LogP contribution in [0.5, 0.6) is 0 Å². The molecule has 0 unspecified atom stereocenters. The van der Waals surface area contributed by atoms with Crippen LogP contribution in [0.3, 0.4) is 0 Å². The molecule has 0 aliphatic carbocycles. The summed E-state index contributed by atoms with van der Waals surface area (Å²) < 4.78 is 38.3. The van der Waals surface area contributed by atoms with Gasteiger partial charge in [0.05, 0.1) is 5.56 Å². The lowest BCUT2D eigenvalue weighted by Gasteiger charge is -2.12. The molecule has 5 nitrogen and oxygen atoms in total. The van der Waals surface area contributed by atoms with Crippen molar-refractivity contribution in [2.24, 2.45) is 5.73 Å². The molecule has 122 valence electrons. The number of amides is 3. The van der Waals surface area contributed by atoms with Crippen molar-refractivity contribution in [3.8, 4) is 0 Å². The van der Waals surface area contributed by atoms with Gasteiger partial charge in [-0.15, -0.1) is 0 Å². The highest BCUT2D eigenvalue weighted by molar-refractivity contribution is 5.90. The average molecular weight is 317 g/mol. The molecule has 0 spiro atoms. The van der Waals surface area contributed by atoms with Gasteiger partial charge in [-0.1, -0.05) is 6.07 Å². The third-order valence-electron chi connectivity index (χ3n) is 2.96. The van der Waals surface area contributed by atoms with Crippen LogP contribution in [0, 0.1) is 6.92 Å². The van der Waals surface area contributed by atoms with E-state index >= 15 is 0 Å². The van der Waals surface area contributed by atoms with Gasteiger partial charge in [-0.25, -0.2) is 4.79 Å². The number of urea groups is 1. The monoisotopic (exact) mass is 317 g/mol. The van der Waals surface area contributed by atoms with E-state index in [1.54, 1.807) is 0 Å². The zero-order chi connectivity index (χ0) is 16.8. The maximum absolute atomic E-state index is 12.8. The molecular formula is C14H18F3N3O2. The van der Waals surface area contributed by atoms with Crippen molar-refractivity contribution in [3.05, 3.63) is 29.3 Å². The number of benzene rings is 1. The van der Waals surface area contributed by atoms with E-state index in [1.165, 1.54) is 19.1 Å². The molecule has 0 aliphatic rings. The van der Waals surface area contributed by atoms with Crippen LogP contribution in [-0.2, 0) is 11.0 Å². The molecule has 1 aromatic rings. The molecule has 0 heterocycles. The van der Waals surface area contributed by atoms with Crippen LogP contribution >= 0.6 is 0 Å². The molecule has 3 amide bonds. The number of alkyl halides is 3. The second-order valence-corrected chi connectivity index (χ2v) is 4.82. The second kappa shape index (κ2) is 7.67. The fourth-order valence-electron chi connectivity index (χ4n) is 1.85. The minimum absolute atomic E-state index is 0.100. The third kappa shape index (κ3) is 6.02. The van der Waals surface area contributed by atoms with Crippen molar-refractivity contribution in [2.75, 3.05) is 11.9 Å². The minimum atomic E-state index is -4.45. The van der Waals surface area contributed by atoms with Crippen LogP contribution in [0.2, 0.25) is 0 Å². The summed E-state index contributed by atoms with van der Waals surface area (Å²) in [6, 6.07) is 3.03. The molecule has 0 saturated heterocycles. The Balaban J connectivity index is 2.50. The Labute approximate surface area is 126 Å². The van der Waals surface area contributed by atoms with Crippen molar-refractivity contribution in [1.29, 1.82) is 0 Å². The van der Waals surface area contributed by atoms with Gasteiger partial charge in [0.15, 0.2) is 0 Å². The van der Waals surface area contributed by atoms with E-state index in [2.05, 4.69) is 10.6 Å². The summed E-state index contributed by atoms with van der Waals surface area (Å²) in [5.41, 5.74) is 4.32. The first-order chi connectivity index (χ1) is 10.2. The van der Waals surface area contributed by atoms with Crippen molar-refractivity contribution in [1.82, 2.24) is 5.32 Å². The van der Waals surface area contributed by atoms with Crippen LogP contribution in [0.4, 0.5) is 23.7 Å². The molecule has 0 aliphatic heterocycles. The van der Waals surface area contributed by atoms with E-state index in [4.69, 9.17) is 5.73 Å². The van der Waals surface area contributed by atoms with Crippen LogP contribution in [0.15, 0.2) is 18.2 Å². The maximum atomic E-state index is 12.8. The highest BCUT2D eigenvalue weighted by Crippen LogP contribution is 2.33. The van der Waals surface area contributed by atoms with Crippen molar-refractivity contribution in [3.63, 3.8) is 0 Å². The average Bonchev–Trinajstić information content (AvgIpc) is 2.39. The van der Waals surface area contributed by atoms with E-state index in [9.17, 15) is 22.8 Å². The van der Waals surface area contributed by atoms with Gasteiger partial charge in [-0.05, 0) is 37.5 Å². The zero-order valence-corrected chi connectivity index (χ0v) is 12.1. The summed E-state index contributed by atoms with van der Waals surface area (Å²) in [5.74, 6) is -0.379. The number of anilines is 1. The van der Waals surface area contributed by atoms with Crippen molar-refractivity contribution < 1.29 is 22.8 Å². The second-order valence-electron chi connectivity index (χ2n) is 4.82. The fourth-order valence-corrected chi connectivity index (χ4v) is 1.85. The van der Waals surface area contributed by atoms with E-state index in [0.717, 1.165) is 6.07 Å².